The van der Waals surface area contributed by atoms with Crippen LogP contribution in [0, 0.1) is 12.7 Å². The standard InChI is InChI=1S/C22H27ClFN3OS/c1-17-4-2-5-18(14-17)16-27(9-3-8-26-10-12-28-13-11-26)22(29)25-19-6-7-21(24)20(23)15-19/h2,4-7,14-15H,3,8-13,16H2,1H3,(H,25,29). The van der Waals surface area contributed by atoms with Crippen LogP contribution in [-0.4, -0.2) is 54.3 Å². The highest BCUT2D eigenvalue weighted by molar-refractivity contribution is 7.80. The van der Waals surface area contributed by atoms with Gasteiger partial charge in [-0.2, -0.15) is 0 Å². The van der Waals surface area contributed by atoms with Gasteiger partial charge in [0.2, 0.25) is 0 Å². The predicted octanol–water partition coefficient (Wildman–Crippen LogP) is 4.71. The van der Waals surface area contributed by atoms with Gasteiger partial charge in [-0.05, 0) is 49.3 Å². The molecule has 0 bridgehead atoms. The van der Waals surface area contributed by atoms with E-state index in [0.717, 1.165) is 45.8 Å². The molecule has 1 saturated heterocycles. The molecule has 0 atom stereocenters. The van der Waals surface area contributed by atoms with Crippen LogP contribution in [0.25, 0.3) is 0 Å². The molecule has 0 spiro atoms. The van der Waals surface area contributed by atoms with Gasteiger partial charge >= 0.3 is 0 Å². The van der Waals surface area contributed by atoms with Crippen LogP contribution in [0.4, 0.5) is 10.1 Å². The van der Waals surface area contributed by atoms with Gasteiger partial charge in [0.1, 0.15) is 5.82 Å². The van der Waals surface area contributed by atoms with Crippen LogP contribution in [0.3, 0.4) is 0 Å². The van der Waals surface area contributed by atoms with E-state index in [9.17, 15) is 4.39 Å². The van der Waals surface area contributed by atoms with E-state index in [2.05, 4.69) is 46.3 Å². The molecule has 0 aromatic heterocycles. The first-order chi connectivity index (χ1) is 14.0. The molecule has 7 heteroatoms. The lowest BCUT2D eigenvalue weighted by Crippen LogP contribution is -2.40. The van der Waals surface area contributed by atoms with Crippen molar-refractivity contribution in [3.8, 4) is 0 Å². The first kappa shape index (κ1) is 22.0. The fraction of sp³-hybridized carbons (Fsp3) is 0.409. The number of nitrogens with zero attached hydrogens (tertiary/aromatic N) is 2. The molecule has 2 aromatic rings. The maximum absolute atomic E-state index is 13.4. The number of morpholine rings is 1. The lowest BCUT2D eigenvalue weighted by Gasteiger charge is -2.30. The molecule has 1 aliphatic heterocycles. The summed E-state index contributed by atoms with van der Waals surface area (Å²) in [5.74, 6) is -0.440. The maximum atomic E-state index is 13.4. The summed E-state index contributed by atoms with van der Waals surface area (Å²) < 4.78 is 18.9. The van der Waals surface area contributed by atoms with Gasteiger partial charge < -0.3 is 15.0 Å². The Labute approximate surface area is 182 Å². The first-order valence-electron chi connectivity index (χ1n) is 9.88. The fourth-order valence-corrected chi connectivity index (χ4v) is 3.82. The van der Waals surface area contributed by atoms with Crippen LogP contribution in [0.15, 0.2) is 42.5 Å². The molecular formula is C22H27ClFN3OS. The third-order valence-corrected chi connectivity index (χ3v) is 5.57. The molecule has 2 aromatic carbocycles. The molecule has 156 valence electrons. The predicted molar refractivity (Wildman–Crippen MR) is 121 cm³/mol. The summed E-state index contributed by atoms with van der Waals surface area (Å²) in [6.45, 7) is 8.21. The molecule has 3 rings (SSSR count). The number of aryl methyl sites for hydroxylation is 1. The van der Waals surface area contributed by atoms with E-state index in [1.54, 1.807) is 12.1 Å². The SMILES string of the molecule is Cc1cccc(CN(CCCN2CCOCC2)C(=S)Nc2ccc(F)c(Cl)c2)c1. The molecule has 0 aliphatic carbocycles. The smallest absolute Gasteiger partial charge is 0.173 e. The number of hydrogen-bond donors (Lipinski definition) is 1. The summed E-state index contributed by atoms with van der Waals surface area (Å²) >= 11 is 11.6. The van der Waals surface area contributed by atoms with Crippen molar-refractivity contribution in [3.05, 3.63) is 64.4 Å². The molecule has 0 amide bonds. The summed E-state index contributed by atoms with van der Waals surface area (Å²) in [6.07, 6.45) is 0.998. The van der Waals surface area contributed by atoms with E-state index in [1.807, 2.05) is 0 Å². The number of rotatable bonds is 7. The minimum absolute atomic E-state index is 0.0790. The van der Waals surface area contributed by atoms with Gasteiger partial charge in [0.05, 0.1) is 18.2 Å². The van der Waals surface area contributed by atoms with Gasteiger partial charge in [-0.15, -0.1) is 0 Å². The van der Waals surface area contributed by atoms with Crippen molar-refractivity contribution in [2.75, 3.05) is 44.7 Å². The van der Waals surface area contributed by atoms with Crippen LogP contribution < -0.4 is 5.32 Å². The molecule has 0 radical (unpaired) electrons. The molecule has 29 heavy (non-hydrogen) atoms. The van der Waals surface area contributed by atoms with E-state index in [1.165, 1.54) is 17.2 Å². The summed E-state index contributed by atoms with van der Waals surface area (Å²) in [5.41, 5.74) is 3.11. The molecule has 0 unspecified atom stereocenters. The van der Waals surface area contributed by atoms with Crippen molar-refractivity contribution >= 4 is 34.6 Å². The van der Waals surface area contributed by atoms with Gasteiger partial charge in [-0.3, -0.25) is 4.90 Å². The van der Waals surface area contributed by atoms with Crippen LogP contribution >= 0.6 is 23.8 Å². The Morgan fingerprint density at radius 2 is 2.03 bits per heavy atom. The largest absolute Gasteiger partial charge is 0.379 e. The highest BCUT2D eigenvalue weighted by atomic mass is 35.5. The zero-order valence-corrected chi connectivity index (χ0v) is 18.2. The summed E-state index contributed by atoms with van der Waals surface area (Å²) in [6, 6.07) is 13.0. The molecule has 1 fully saturated rings. The number of benzene rings is 2. The zero-order valence-electron chi connectivity index (χ0n) is 16.7. The molecule has 1 N–H and O–H groups in total. The topological polar surface area (TPSA) is 27.7 Å². The minimum Gasteiger partial charge on any atom is -0.379 e. The molecule has 4 nitrogen and oxygen atoms in total. The minimum atomic E-state index is -0.440. The molecule has 0 saturated carbocycles. The van der Waals surface area contributed by atoms with Gasteiger partial charge in [0.15, 0.2) is 5.11 Å². The fourth-order valence-electron chi connectivity index (χ4n) is 3.37. The number of thiocarbonyl (C=S) groups is 1. The molecule has 1 heterocycles. The van der Waals surface area contributed by atoms with Crippen molar-refractivity contribution in [1.29, 1.82) is 0 Å². The Bertz CT molecular complexity index is 829. The third kappa shape index (κ3) is 6.93. The second-order valence-electron chi connectivity index (χ2n) is 7.28. The number of hydrogen-bond acceptors (Lipinski definition) is 3. The summed E-state index contributed by atoms with van der Waals surface area (Å²) in [7, 11) is 0. The number of anilines is 1. The Morgan fingerprint density at radius 3 is 2.76 bits per heavy atom. The maximum Gasteiger partial charge on any atom is 0.173 e. The Hall–Kier alpha value is -1.73. The van der Waals surface area contributed by atoms with E-state index >= 15 is 0 Å². The van der Waals surface area contributed by atoms with Crippen LogP contribution in [-0.2, 0) is 11.3 Å². The van der Waals surface area contributed by atoms with Gasteiger partial charge in [0, 0.05) is 38.4 Å². The van der Waals surface area contributed by atoms with Crippen molar-refractivity contribution < 1.29 is 9.13 Å². The van der Waals surface area contributed by atoms with E-state index in [-0.39, 0.29) is 5.02 Å². The Balaban J connectivity index is 1.64. The van der Waals surface area contributed by atoms with Gasteiger partial charge in [-0.1, -0.05) is 41.4 Å². The Morgan fingerprint density at radius 1 is 1.24 bits per heavy atom. The van der Waals surface area contributed by atoms with Gasteiger partial charge in [0.25, 0.3) is 0 Å². The average molecular weight is 436 g/mol. The van der Waals surface area contributed by atoms with E-state index in [0.29, 0.717) is 17.3 Å². The lowest BCUT2D eigenvalue weighted by atomic mass is 10.1. The van der Waals surface area contributed by atoms with Crippen molar-refractivity contribution in [2.24, 2.45) is 0 Å². The van der Waals surface area contributed by atoms with Crippen LogP contribution in [0.2, 0.25) is 5.02 Å². The first-order valence-corrected chi connectivity index (χ1v) is 10.7. The second kappa shape index (κ2) is 10.9. The second-order valence-corrected chi connectivity index (χ2v) is 8.07. The Kier molecular flexibility index (Phi) is 8.24. The quantitative estimate of drug-likeness (QED) is 0.636. The van der Waals surface area contributed by atoms with E-state index in [4.69, 9.17) is 28.6 Å². The lowest BCUT2D eigenvalue weighted by molar-refractivity contribution is 0.0368. The number of halogens is 2. The van der Waals surface area contributed by atoms with E-state index < -0.39 is 5.82 Å². The average Bonchev–Trinajstić information content (AvgIpc) is 2.71. The van der Waals surface area contributed by atoms with Crippen molar-refractivity contribution in [2.45, 2.75) is 19.9 Å². The van der Waals surface area contributed by atoms with Crippen molar-refractivity contribution in [1.82, 2.24) is 9.80 Å². The summed E-state index contributed by atoms with van der Waals surface area (Å²) in [4.78, 5) is 4.58. The monoisotopic (exact) mass is 435 g/mol. The number of nitrogens with one attached hydrogen (secondary N) is 1. The normalized spacial score (nSPS) is 14.6. The summed E-state index contributed by atoms with van der Waals surface area (Å²) in [5, 5.41) is 3.89. The third-order valence-electron chi connectivity index (χ3n) is 4.92. The molecular weight excluding hydrogens is 409 g/mol. The highest BCUT2D eigenvalue weighted by Crippen LogP contribution is 2.20. The highest BCUT2D eigenvalue weighted by Gasteiger charge is 2.14. The van der Waals surface area contributed by atoms with Gasteiger partial charge in [-0.25, -0.2) is 4.39 Å². The number of ether oxygens (including phenoxy) is 1. The van der Waals surface area contributed by atoms with Crippen LogP contribution in [0.5, 0.6) is 0 Å². The molecule has 1 aliphatic rings. The zero-order chi connectivity index (χ0) is 20.6. The van der Waals surface area contributed by atoms with Crippen molar-refractivity contribution in [3.63, 3.8) is 0 Å². The van der Waals surface area contributed by atoms with Crippen LogP contribution in [0.1, 0.15) is 17.5 Å².